The normalized spacial score (nSPS) is 11.0. The Labute approximate surface area is 195 Å². The molecule has 0 saturated heterocycles. The van der Waals surface area contributed by atoms with Crippen LogP contribution in [0.2, 0.25) is 5.02 Å². The molecule has 1 amide bonds. The molecule has 0 aliphatic rings. The van der Waals surface area contributed by atoms with E-state index >= 15 is 0 Å². The number of anilines is 2. The fourth-order valence-electron chi connectivity index (χ4n) is 2.96. The van der Waals surface area contributed by atoms with Gasteiger partial charge in [0, 0.05) is 11.8 Å². The van der Waals surface area contributed by atoms with E-state index in [0.717, 1.165) is 22.5 Å². The van der Waals surface area contributed by atoms with Crippen LogP contribution in [-0.2, 0) is 14.8 Å². The van der Waals surface area contributed by atoms with Crippen LogP contribution in [0.15, 0.2) is 77.7 Å². The lowest BCUT2D eigenvalue weighted by molar-refractivity contribution is -0.384. The molecule has 3 aromatic rings. The van der Waals surface area contributed by atoms with Gasteiger partial charge in [-0.25, -0.2) is 8.42 Å². The molecular formula is C22H20ClN3O6S. The molecule has 0 bridgehead atoms. The smallest absolute Gasteiger partial charge is 0.289 e. The van der Waals surface area contributed by atoms with Crippen molar-refractivity contribution in [2.45, 2.75) is 11.8 Å². The Kier molecular flexibility index (Phi) is 7.52. The van der Waals surface area contributed by atoms with Gasteiger partial charge in [0.2, 0.25) is 5.91 Å². The summed E-state index contributed by atoms with van der Waals surface area (Å²) in [6.07, 6.45) is 0. The lowest BCUT2D eigenvalue weighted by atomic mass is 10.3. The van der Waals surface area contributed by atoms with E-state index in [2.05, 4.69) is 5.32 Å². The van der Waals surface area contributed by atoms with Crippen LogP contribution in [0.25, 0.3) is 0 Å². The molecule has 3 rings (SSSR count). The van der Waals surface area contributed by atoms with Crippen LogP contribution in [-0.4, -0.2) is 32.4 Å². The first-order chi connectivity index (χ1) is 15.7. The molecule has 0 unspecified atom stereocenters. The Morgan fingerprint density at radius 2 is 1.76 bits per heavy atom. The van der Waals surface area contributed by atoms with E-state index in [-0.39, 0.29) is 15.6 Å². The zero-order valence-electron chi connectivity index (χ0n) is 17.5. The van der Waals surface area contributed by atoms with Gasteiger partial charge in [-0.3, -0.25) is 19.2 Å². The predicted molar refractivity (Wildman–Crippen MR) is 125 cm³/mol. The highest BCUT2D eigenvalue weighted by atomic mass is 35.5. The summed E-state index contributed by atoms with van der Waals surface area (Å²) in [6.45, 7) is 1.79. The van der Waals surface area contributed by atoms with Crippen molar-refractivity contribution in [1.29, 1.82) is 0 Å². The van der Waals surface area contributed by atoms with Gasteiger partial charge in [-0.05, 0) is 55.5 Å². The second-order valence-electron chi connectivity index (χ2n) is 6.72. The lowest BCUT2D eigenvalue weighted by Crippen LogP contribution is -2.38. The summed E-state index contributed by atoms with van der Waals surface area (Å²) in [4.78, 5) is 22.8. The maximum atomic E-state index is 13.4. The number of nitro groups is 1. The third kappa shape index (κ3) is 5.79. The number of rotatable bonds is 9. The second-order valence-corrected chi connectivity index (χ2v) is 8.99. The van der Waals surface area contributed by atoms with Gasteiger partial charge in [-0.15, -0.1) is 0 Å². The summed E-state index contributed by atoms with van der Waals surface area (Å²) >= 11 is 5.82. The Hall–Kier alpha value is -3.63. The number of para-hydroxylation sites is 1. The van der Waals surface area contributed by atoms with Crippen LogP contribution < -0.4 is 14.4 Å². The zero-order valence-corrected chi connectivity index (χ0v) is 19.0. The number of hydrogen-bond donors (Lipinski definition) is 1. The van der Waals surface area contributed by atoms with E-state index < -0.39 is 33.1 Å². The van der Waals surface area contributed by atoms with Crippen LogP contribution in [0.5, 0.6) is 5.75 Å². The molecule has 1 N–H and O–H groups in total. The molecule has 0 radical (unpaired) electrons. The Morgan fingerprint density at radius 1 is 1.09 bits per heavy atom. The lowest BCUT2D eigenvalue weighted by Gasteiger charge is -2.24. The van der Waals surface area contributed by atoms with Crippen LogP contribution in [0.3, 0.4) is 0 Å². The summed E-state index contributed by atoms with van der Waals surface area (Å²) in [7, 11) is -4.34. The van der Waals surface area contributed by atoms with Crippen molar-refractivity contribution in [1.82, 2.24) is 0 Å². The SMILES string of the molecule is CCOc1ccc(NC(=O)CN(c2ccccc2)S(=O)(=O)c2ccc(Cl)c([N+](=O)[O-])c2)cc1. The third-order valence-corrected chi connectivity index (χ3v) is 6.57. The fourth-order valence-corrected chi connectivity index (χ4v) is 4.59. The minimum Gasteiger partial charge on any atom is -0.494 e. The van der Waals surface area contributed by atoms with Crippen molar-refractivity contribution in [3.63, 3.8) is 0 Å². The van der Waals surface area contributed by atoms with Gasteiger partial charge in [-0.1, -0.05) is 29.8 Å². The number of ether oxygens (including phenoxy) is 1. The maximum Gasteiger partial charge on any atom is 0.289 e. The highest BCUT2D eigenvalue weighted by Crippen LogP contribution is 2.30. The molecule has 0 atom stereocenters. The fraction of sp³-hybridized carbons (Fsp3) is 0.136. The van der Waals surface area contributed by atoms with Gasteiger partial charge in [0.25, 0.3) is 15.7 Å². The molecule has 0 aliphatic carbocycles. The van der Waals surface area contributed by atoms with Gasteiger partial charge in [0.1, 0.15) is 17.3 Å². The number of nitrogens with zero attached hydrogens (tertiary/aromatic N) is 2. The van der Waals surface area contributed by atoms with Gasteiger partial charge in [0.15, 0.2) is 0 Å². The van der Waals surface area contributed by atoms with Crippen molar-refractivity contribution in [2.75, 3.05) is 22.8 Å². The van der Waals surface area contributed by atoms with Crippen molar-refractivity contribution in [2.24, 2.45) is 0 Å². The van der Waals surface area contributed by atoms with Crippen molar-refractivity contribution >= 4 is 44.6 Å². The van der Waals surface area contributed by atoms with Gasteiger partial charge < -0.3 is 10.1 Å². The predicted octanol–water partition coefficient (Wildman–Crippen LogP) is 4.48. The number of nitro benzene ring substituents is 1. The molecule has 0 spiro atoms. The molecule has 0 saturated carbocycles. The summed E-state index contributed by atoms with van der Waals surface area (Å²) < 4.78 is 33.0. The van der Waals surface area contributed by atoms with E-state index in [1.165, 1.54) is 12.1 Å². The van der Waals surface area contributed by atoms with Crippen molar-refractivity contribution in [3.05, 3.63) is 87.9 Å². The first-order valence-electron chi connectivity index (χ1n) is 9.77. The monoisotopic (exact) mass is 489 g/mol. The first kappa shape index (κ1) is 24.0. The first-order valence-corrected chi connectivity index (χ1v) is 11.6. The van der Waals surface area contributed by atoms with Crippen LogP contribution in [0.1, 0.15) is 6.92 Å². The van der Waals surface area contributed by atoms with Crippen LogP contribution in [0.4, 0.5) is 17.1 Å². The summed E-state index contributed by atoms with van der Waals surface area (Å²) in [6, 6.07) is 17.8. The standard InChI is InChI=1S/C22H20ClN3O6S/c1-2-32-18-10-8-16(9-11-18)24-22(27)15-25(17-6-4-3-5-7-17)33(30,31)19-12-13-20(23)21(14-19)26(28)29/h3-14H,2,15H2,1H3,(H,24,27). The van der Waals surface area contributed by atoms with E-state index in [4.69, 9.17) is 16.3 Å². The Balaban J connectivity index is 1.91. The number of carbonyl (C=O) groups excluding carboxylic acids is 1. The molecule has 3 aromatic carbocycles. The minimum atomic E-state index is -4.34. The number of nitrogens with one attached hydrogen (secondary N) is 1. The highest BCUT2D eigenvalue weighted by Gasteiger charge is 2.29. The maximum absolute atomic E-state index is 13.4. The molecule has 172 valence electrons. The Morgan fingerprint density at radius 3 is 2.36 bits per heavy atom. The number of sulfonamides is 1. The largest absolute Gasteiger partial charge is 0.494 e. The average molecular weight is 490 g/mol. The second kappa shape index (κ2) is 10.3. The molecule has 0 heterocycles. The molecule has 11 heteroatoms. The van der Waals surface area contributed by atoms with Crippen LogP contribution >= 0.6 is 11.6 Å². The number of benzene rings is 3. The molecule has 0 aliphatic heterocycles. The quantitative estimate of drug-likeness (QED) is 0.349. The van der Waals surface area contributed by atoms with E-state index in [1.807, 2.05) is 6.92 Å². The summed E-state index contributed by atoms with van der Waals surface area (Å²) in [5.74, 6) is 0.0309. The molecule has 9 nitrogen and oxygen atoms in total. The van der Waals surface area contributed by atoms with Crippen molar-refractivity contribution in [3.8, 4) is 5.75 Å². The van der Waals surface area contributed by atoms with E-state index in [9.17, 15) is 23.3 Å². The molecule has 33 heavy (non-hydrogen) atoms. The molecule has 0 aromatic heterocycles. The number of carbonyl (C=O) groups is 1. The molecule has 0 fully saturated rings. The third-order valence-electron chi connectivity index (χ3n) is 4.48. The number of amides is 1. The van der Waals surface area contributed by atoms with Crippen molar-refractivity contribution < 1.29 is 22.9 Å². The number of hydrogen-bond acceptors (Lipinski definition) is 6. The van der Waals surface area contributed by atoms with E-state index in [0.29, 0.717) is 18.0 Å². The average Bonchev–Trinajstić information content (AvgIpc) is 2.79. The Bertz CT molecular complexity index is 1250. The summed E-state index contributed by atoms with van der Waals surface area (Å²) in [5.41, 5.74) is 0.123. The molecular weight excluding hydrogens is 470 g/mol. The van der Waals surface area contributed by atoms with Gasteiger partial charge in [0.05, 0.1) is 22.1 Å². The zero-order chi connectivity index (χ0) is 24.0. The van der Waals surface area contributed by atoms with Crippen LogP contribution in [0, 0.1) is 10.1 Å². The van der Waals surface area contributed by atoms with Gasteiger partial charge in [-0.2, -0.15) is 0 Å². The number of halogens is 1. The summed E-state index contributed by atoms with van der Waals surface area (Å²) in [5, 5.41) is 13.7. The van der Waals surface area contributed by atoms with E-state index in [1.54, 1.807) is 42.5 Å². The highest BCUT2D eigenvalue weighted by molar-refractivity contribution is 7.92. The minimum absolute atomic E-state index is 0.196. The van der Waals surface area contributed by atoms with Gasteiger partial charge >= 0.3 is 0 Å². The topological polar surface area (TPSA) is 119 Å².